The van der Waals surface area contributed by atoms with Crippen LogP contribution in [0.25, 0.3) is 55.4 Å². The van der Waals surface area contributed by atoms with Gasteiger partial charge in [0.1, 0.15) is 0 Å². The number of fused-ring (bicyclic) bond motifs is 2. The van der Waals surface area contributed by atoms with Crippen LogP contribution in [-0.4, -0.2) is 9.13 Å². The van der Waals surface area contributed by atoms with E-state index in [9.17, 15) is 0 Å². The van der Waals surface area contributed by atoms with Crippen LogP contribution in [0.1, 0.15) is 37.8 Å². The third kappa shape index (κ3) is 4.54. The Kier molecular flexibility index (Phi) is 6.97. The molecule has 0 saturated carbocycles. The van der Waals surface area contributed by atoms with Crippen LogP contribution in [0.15, 0.2) is 134 Å². The summed E-state index contributed by atoms with van der Waals surface area (Å²) < 4.78 is 4.88. The van der Waals surface area contributed by atoms with Crippen molar-refractivity contribution in [2.45, 2.75) is 39.5 Å². The summed E-state index contributed by atoms with van der Waals surface area (Å²) in [5, 5.41) is 2.58. The van der Waals surface area contributed by atoms with Gasteiger partial charge in [-0.15, -0.1) is 0 Å². The summed E-state index contributed by atoms with van der Waals surface area (Å²) in [7, 11) is 0. The Labute approximate surface area is 248 Å². The fourth-order valence-corrected chi connectivity index (χ4v) is 6.50. The van der Waals surface area contributed by atoms with Gasteiger partial charge in [-0.3, -0.25) is 0 Å². The summed E-state index contributed by atoms with van der Waals surface area (Å²) in [6.45, 7) is 4.57. The predicted octanol–water partition coefficient (Wildman–Crippen LogP) is 10.8. The minimum Gasteiger partial charge on any atom is -0.316 e. The molecule has 0 unspecified atom stereocenters. The molecule has 0 aliphatic heterocycles. The third-order valence-corrected chi connectivity index (χ3v) is 8.43. The maximum absolute atomic E-state index is 2.47. The fourth-order valence-electron chi connectivity index (χ4n) is 6.50. The van der Waals surface area contributed by atoms with E-state index >= 15 is 0 Å². The molecule has 0 bridgehead atoms. The quantitative estimate of drug-likeness (QED) is 0.180. The molecule has 0 aliphatic rings. The van der Waals surface area contributed by atoms with Crippen LogP contribution in [0.4, 0.5) is 0 Å². The maximum Gasteiger partial charge on any atom is 0.0535 e. The van der Waals surface area contributed by atoms with Crippen LogP contribution in [0.2, 0.25) is 0 Å². The van der Waals surface area contributed by atoms with E-state index in [1.54, 1.807) is 0 Å². The van der Waals surface area contributed by atoms with E-state index in [4.69, 9.17) is 0 Å². The Morgan fingerprint density at radius 1 is 0.452 bits per heavy atom. The lowest BCUT2D eigenvalue weighted by molar-refractivity contribution is 0.875. The second-order valence-electron chi connectivity index (χ2n) is 11.2. The largest absolute Gasteiger partial charge is 0.316 e. The van der Waals surface area contributed by atoms with Crippen molar-refractivity contribution in [3.8, 4) is 33.6 Å². The molecule has 0 amide bonds. The van der Waals surface area contributed by atoms with Crippen LogP contribution in [0.3, 0.4) is 0 Å². The molecule has 0 spiro atoms. The number of nitrogens with zero attached hydrogens (tertiary/aromatic N) is 2. The molecule has 0 aliphatic carbocycles. The maximum atomic E-state index is 2.47. The molecule has 2 nitrogen and oxygen atoms in total. The molecule has 206 valence electrons. The molecule has 0 saturated heterocycles. The van der Waals surface area contributed by atoms with Gasteiger partial charge in [-0.25, -0.2) is 0 Å². The highest BCUT2D eigenvalue weighted by molar-refractivity contribution is 5.98. The number of rotatable bonds is 8. The third-order valence-electron chi connectivity index (χ3n) is 8.43. The van der Waals surface area contributed by atoms with Gasteiger partial charge in [-0.2, -0.15) is 0 Å². The zero-order valence-electron chi connectivity index (χ0n) is 24.4. The lowest BCUT2D eigenvalue weighted by atomic mass is 9.99. The predicted molar refractivity (Wildman–Crippen MR) is 179 cm³/mol. The minimum absolute atomic E-state index is 1.02. The SMILES string of the molecule is CCCc1cc(-n2cc(-c3ccccc3)c3ccccc32)c(CCC)cc1-n1cc(-c2ccccc2)c2ccccc21. The zero-order chi connectivity index (χ0) is 28.5. The molecular formula is C40H36N2. The Balaban J connectivity index is 1.47. The molecule has 7 aromatic rings. The monoisotopic (exact) mass is 544 g/mol. The van der Waals surface area contributed by atoms with Crippen molar-refractivity contribution in [3.05, 3.63) is 145 Å². The van der Waals surface area contributed by atoms with Crippen LogP contribution in [-0.2, 0) is 12.8 Å². The van der Waals surface area contributed by atoms with Crippen molar-refractivity contribution >= 4 is 21.8 Å². The van der Waals surface area contributed by atoms with Crippen LogP contribution in [0, 0.1) is 0 Å². The topological polar surface area (TPSA) is 9.86 Å². The van der Waals surface area contributed by atoms with Crippen molar-refractivity contribution in [2.24, 2.45) is 0 Å². The van der Waals surface area contributed by atoms with Gasteiger partial charge in [-0.05, 0) is 59.4 Å². The molecule has 2 heterocycles. The highest BCUT2D eigenvalue weighted by Gasteiger charge is 2.19. The van der Waals surface area contributed by atoms with Gasteiger partial charge in [0.2, 0.25) is 0 Å². The van der Waals surface area contributed by atoms with E-state index in [-0.39, 0.29) is 0 Å². The molecule has 2 heteroatoms. The molecule has 2 aromatic heterocycles. The molecule has 5 aromatic carbocycles. The first-order chi connectivity index (χ1) is 20.8. The minimum atomic E-state index is 1.02. The summed E-state index contributed by atoms with van der Waals surface area (Å²) in [6.07, 6.45) is 8.92. The Bertz CT molecular complexity index is 1840. The highest BCUT2D eigenvalue weighted by Crippen LogP contribution is 2.38. The van der Waals surface area contributed by atoms with Gasteiger partial charge < -0.3 is 9.13 Å². The summed E-state index contributed by atoms with van der Waals surface area (Å²) in [5.41, 5.74) is 12.9. The van der Waals surface area contributed by atoms with E-state index in [0.29, 0.717) is 0 Å². The first-order valence-corrected chi connectivity index (χ1v) is 15.2. The second kappa shape index (κ2) is 11.2. The van der Waals surface area contributed by atoms with Gasteiger partial charge in [-0.1, -0.05) is 124 Å². The van der Waals surface area contributed by atoms with Crippen LogP contribution in [0.5, 0.6) is 0 Å². The fraction of sp³-hybridized carbons (Fsp3) is 0.150. The van der Waals surface area contributed by atoms with Gasteiger partial charge in [0.15, 0.2) is 0 Å². The van der Waals surface area contributed by atoms with E-state index in [2.05, 4.69) is 157 Å². The molecule has 0 fully saturated rings. The average Bonchev–Trinajstić information content (AvgIpc) is 3.62. The van der Waals surface area contributed by atoms with Crippen molar-refractivity contribution < 1.29 is 0 Å². The lowest BCUT2D eigenvalue weighted by Crippen LogP contribution is -2.06. The average molecular weight is 545 g/mol. The summed E-state index contributed by atoms with van der Waals surface area (Å²) in [5.74, 6) is 0. The number of benzene rings is 5. The van der Waals surface area contributed by atoms with Crippen LogP contribution >= 0.6 is 0 Å². The van der Waals surface area contributed by atoms with Crippen LogP contribution < -0.4 is 0 Å². The molecular weight excluding hydrogens is 508 g/mol. The van der Waals surface area contributed by atoms with Gasteiger partial charge >= 0.3 is 0 Å². The Morgan fingerprint density at radius 2 is 0.833 bits per heavy atom. The molecule has 42 heavy (non-hydrogen) atoms. The highest BCUT2D eigenvalue weighted by atomic mass is 15.0. The number of hydrogen-bond acceptors (Lipinski definition) is 0. The normalized spacial score (nSPS) is 11.5. The molecule has 7 rings (SSSR count). The number of aryl methyl sites for hydroxylation is 2. The lowest BCUT2D eigenvalue weighted by Gasteiger charge is -2.19. The van der Waals surface area contributed by atoms with Crippen molar-refractivity contribution in [3.63, 3.8) is 0 Å². The standard InChI is InChI=1S/C40H36N2/c1-3-15-31-25-40(42-28-36(30-19-9-6-10-20-30)34-22-12-14-24-38(34)42)32(16-4-2)26-39(31)41-27-35(29-17-7-5-8-18-29)33-21-11-13-23-37(33)41/h5-14,17-28H,3-4,15-16H2,1-2H3. The van der Waals surface area contributed by atoms with E-state index in [1.165, 1.54) is 66.6 Å². The first-order valence-electron chi connectivity index (χ1n) is 15.2. The number of hydrogen-bond donors (Lipinski definition) is 0. The smallest absolute Gasteiger partial charge is 0.0535 e. The molecule has 0 radical (unpaired) electrons. The zero-order valence-corrected chi connectivity index (χ0v) is 24.4. The van der Waals surface area contributed by atoms with E-state index < -0.39 is 0 Å². The number of aromatic nitrogens is 2. The van der Waals surface area contributed by atoms with Gasteiger partial charge in [0, 0.05) is 45.7 Å². The summed E-state index contributed by atoms with van der Waals surface area (Å²) in [4.78, 5) is 0. The van der Waals surface area contributed by atoms with Gasteiger partial charge in [0.25, 0.3) is 0 Å². The van der Waals surface area contributed by atoms with Crippen molar-refractivity contribution in [2.75, 3.05) is 0 Å². The molecule has 0 N–H and O–H groups in total. The van der Waals surface area contributed by atoms with E-state index in [0.717, 1.165) is 25.7 Å². The first kappa shape index (κ1) is 26.1. The second-order valence-corrected chi connectivity index (χ2v) is 11.2. The summed E-state index contributed by atoms with van der Waals surface area (Å²) in [6, 6.07) is 44.2. The van der Waals surface area contributed by atoms with Crippen molar-refractivity contribution in [1.82, 2.24) is 9.13 Å². The number of para-hydroxylation sites is 2. The van der Waals surface area contributed by atoms with Crippen molar-refractivity contribution in [1.29, 1.82) is 0 Å². The summed E-state index contributed by atoms with van der Waals surface area (Å²) >= 11 is 0. The van der Waals surface area contributed by atoms with Gasteiger partial charge in [0.05, 0.1) is 11.0 Å². The Morgan fingerprint density at radius 3 is 1.24 bits per heavy atom. The molecule has 0 atom stereocenters. The Hall–Kier alpha value is -4.82. The van der Waals surface area contributed by atoms with E-state index in [1.807, 2.05) is 0 Å².